The van der Waals surface area contributed by atoms with Crippen molar-refractivity contribution in [2.24, 2.45) is 0 Å². The molecule has 2 fully saturated rings. The van der Waals surface area contributed by atoms with Gasteiger partial charge in [0.2, 0.25) is 11.8 Å². The fraction of sp³-hybridized carbons (Fsp3) is 0.355. The van der Waals surface area contributed by atoms with E-state index in [4.69, 9.17) is 0 Å². The number of hydrogen-bond donors (Lipinski definition) is 1. The summed E-state index contributed by atoms with van der Waals surface area (Å²) < 4.78 is 56.0. The number of anilines is 2. The summed E-state index contributed by atoms with van der Waals surface area (Å²) in [5, 5.41) is 3.23. The number of rotatable bonds is 3. The van der Waals surface area contributed by atoms with E-state index < -0.39 is 23.3 Å². The van der Waals surface area contributed by atoms with Crippen molar-refractivity contribution in [1.29, 1.82) is 0 Å². The molecule has 0 atom stereocenters. The van der Waals surface area contributed by atoms with Gasteiger partial charge in [-0.2, -0.15) is 0 Å². The number of benzene rings is 2. The topological polar surface area (TPSA) is 81.7 Å². The monoisotopic (exact) mass is 752 g/mol. The van der Waals surface area contributed by atoms with Gasteiger partial charge in [-0.15, -0.1) is 0 Å². The minimum absolute atomic E-state index is 0.0269. The van der Waals surface area contributed by atoms with Gasteiger partial charge in [0.1, 0.15) is 34.9 Å². The van der Waals surface area contributed by atoms with Gasteiger partial charge in [-0.3, -0.25) is 9.59 Å². The van der Waals surface area contributed by atoms with Crippen LogP contribution in [0, 0.1) is 37.1 Å². The molecule has 0 radical (unpaired) electrons. The quantitative estimate of drug-likeness (QED) is 0.253. The van der Waals surface area contributed by atoms with Crippen molar-refractivity contribution < 1.29 is 27.2 Å². The van der Waals surface area contributed by atoms with E-state index in [-0.39, 0.29) is 52.8 Å². The van der Waals surface area contributed by atoms with E-state index in [2.05, 4.69) is 47.1 Å². The number of hydrogen-bond acceptors (Lipinski definition) is 6. The van der Waals surface area contributed by atoms with Crippen molar-refractivity contribution in [3.05, 3.63) is 67.6 Å². The highest BCUT2D eigenvalue weighted by Gasteiger charge is 2.28. The minimum Gasteiger partial charge on any atom is -0.353 e. The first-order valence-electron chi connectivity index (χ1n) is 14.2. The summed E-state index contributed by atoms with van der Waals surface area (Å²) in [6.45, 7) is 10.3. The maximum atomic E-state index is 14.1. The summed E-state index contributed by atoms with van der Waals surface area (Å²) in [5.74, 6) is -1.58. The van der Waals surface area contributed by atoms with E-state index in [1.165, 1.54) is 12.1 Å². The lowest BCUT2D eigenvalue weighted by Crippen LogP contribution is -2.53. The second-order valence-electron chi connectivity index (χ2n) is 11.2. The fourth-order valence-corrected chi connectivity index (χ4v) is 6.69. The number of nitrogens with one attached hydrogen (secondary N) is 1. The highest BCUT2D eigenvalue weighted by Crippen LogP contribution is 2.36. The van der Waals surface area contributed by atoms with Crippen LogP contribution in [0.4, 0.5) is 29.2 Å². The van der Waals surface area contributed by atoms with Gasteiger partial charge in [0.25, 0.3) is 0 Å². The molecule has 2 aromatic heterocycles. The third-order valence-corrected chi connectivity index (χ3v) is 9.79. The normalized spacial score (nSPS) is 15.6. The van der Waals surface area contributed by atoms with E-state index in [9.17, 15) is 27.2 Å². The molecule has 2 amide bonds. The Morgan fingerprint density at radius 1 is 0.756 bits per heavy atom. The molecule has 0 spiro atoms. The largest absolute Gasteiger partial charge is 0.353 e. The Hall–Kier alpha value is -3.52. The molecule has 2 aliphatic heterocycles. The summed E-state index contributed by atoms with van der Waals surface area (Å²) in [5.41, 5.74) is 1.92. The van der Waals surface area contributed by atoms with Crippen molar-refractivity contribution in [3.8, 4) is 0 Å². The first-order valence-corrected chi connectivity index (χ1v) is 15.8. The van der Waals surface area contributed by atoms with Gasteiger partial charge >= 0.3 is 0 Å². The van der Waals surface area contributed by atoms with Crippen LogP contribution in [0.5, 0.6) is 0 Å². The molecule has 14 heteroatoms. The van der Waals surface area contributed by atoms with Crippen LogP contribution in [0.25, 0.3) is 21.8 Å². The smallest absolute Gasteiger partial charge is 0.242 e. The molecular formula is C31H30Br2F4N6O2. The molecule has 0 aliphatic carbocycles. The fourth-order valence-electron chi connectivity index (χ4n) is 5.55. The van der Waals surface area contributed by atoms with Crippen molar-refractivity contribution in [1.82, 2.24) is 20.2 Å². The van der Waals surface area contributed by atoms with E-state index in [1.807, 2.05) is 30.6 Å². The Kier molecular flexibility index (Phi) is 9.54. The van der Waals surface area contributed by atoms with Crippen LogP contribution in [-0.2, 0) is 9.59 Å². The first kappa shape index (κ1) is 32.9. The van der Waals surface area contributed by atoms with Gasteiger partial charge in [0.05, 0.1) is 34.9 Å². The molecule has 0 bridgehead atoms. The predicted octanol–water partition coefficient (Wildman–Crippen LogP) is 6.16. The average molecular weight is 754 g/mol. The molecule has 238 valence electrons. The molecule has 2 aromatic carbocycles. The van der Waals surface area contributed by atoms with Crippen LogP contribution in [-0.4, -0.2) is 72.0 Å². The molecule has 4 aromatic rings. The van der Waals surface area contributed by atoms with Crippen molar-refractivity contribution in [2.45, 2.75) is 33.7 Å². The lowest BCUT2D eigenvalue weighted by molar-refractivity contribution is -0.132. The average Bonchev–Trinajstić information content (AvgIpc) is 2.96. The molecule has 0 saturated carbocycles. The zero-order chi connectivity index (χ0) is 32.7. The van der Waals surface area contributed by atoms with E-state index >= 15 is 0 Å². The number of aromatic nitrogens is 2. The van der Waals surface area contributed by atoms with E-state index in [1.54, 1.807) is 11.8 Å². The number of carbonyl (C=O) groups is 2. The minimum atomic E-state index is -0.675. The summed E-state index contributed by atoms with van der Waals surface area (Å²) >= 11 is 6.76. The highest BCUT2D eigenvalue weighted by atomic mass is 79.9. The summed E-state index contributed by atoms with van der Waals surface area (Å²) in [6, 6.07) is 4.23. The third kappa shape index (κ3) is 6.57. The Bertz CT molecular complexity index is 1840. The summed E-state index contributed by atoms with van der Waals surface area (Å²) in [4.78, 5) is 38.1. The molecule has 2 saturated heterocycles. The molecule has 4 heterocycles. The van der Waals surface area contributed by atoms with Crippen molar-refractivity contribution >= 4 is 77.1 Å². The van der Waals surface area contributed by atoms with E-state index in [0.717, 1.165) is 23.3 Å². The molecule has 2 aliphatic rings. The van der Waals surface area contributed by atoms with Crippen LogP contribution < -0.4 is 15.1 Å². The molecular weight excluding hydrogens is 724 g/mol. The Labute approximate surface area is 274 Å². The van der Waals surface area contributed by atoms with E-state index in [0.29, 0.717) is 46.8 Å². The molecule has 1 N–H and O–H groups in total. The number of carbonyl (C=O) groups excluding carboxylic acids is 2. The third-order valence-electron chi connectivity index (χ3n) is 7.81. The van der Waals surface area contributed by atoms with Crippen LogP contribution in [0.2, 0.25) is 0 Å². The van der Waals surface area contributed by atoms with Crippen molar-refractivity contribution in [2.75, 3.05) is 49.1 Å². The number of pyridine rings is 2. The summed E-state index contributed by atoms with van der Waals surface area (Å²) in [6.07, 6.45) is 0. The van der Waals surface area contributed by atoms with Crippen LogP contribution in [0.15, 0.2) is 33.2 Å². The van der Waals surface area contributed by atoms with Crippen LogP contribution in [0.3, 0.4) is 0 Å². The Balaban J connectivity index is 0.000000179. The zero-order valence-electron chi connectivity index (χ0n) is 24.9. The lowest BCUT2D eigenvalue weighted by Gasteiger charge is -2.37. The van der Waals surface area contributed by atoms with Gasteiger partial charge in [-0.05, 0) is 59.6 Å². The predicted molar refractivity (Wildman–Crippen MR) is 172 cm³/mol. The van der Waals surface area contributed by atoms with Crippen LogP contribution in [0.1, 0.15) is 25.0 Å². The number of piperazine rings is 2. The SMILES string of the molecule is Cc1c(N2CCN(C(C)C)C(=O)C2)nc2cc(F)cc(F)c2c1Br.Cc1c(N2CCNC(=O)C2)nc2cc(F)cc(F)c2c1Br. The van der Waals surface area contributed by atoms with Gasteiger partial charge in [0, 0.05) is 76.6 Å². The number of amides is 2. The second-order valence-corrected chi connectivity index (χ2v) is 12.8. The summed E-state index contributed by atoms with van der Waals surface area (Å²) in [7, 11) is 0. The Morgan fingerprint density at radius 3 is 1.69 bits per heavy atom. The highest BCUT2D eigenvalue weighted by molar-refractivity contribution is 9.11. The standard InChI is InChI=1S/C17H18BrF2N3O.C14H12BrF2N3O/c1-9(2)23-5-4-22(8-14(23)24)17-10(3)16(18)15-12(20)6-11(19)7-13(15)21-17;1-7-13(15)12-9(17)4-8(16)5-10(12)19-14(7)20-3-2-18-11(21)6-20/h6-7,9H,4-5,8H2,1-3H3;4-5H,2-3,6H2,1H3,(H,18,21). The molecule has 0 unspecified atom stereocenters. The maximum Gasteiger partial charge on any atom is 0.242 e. The lowest BCUT2D eigenvalue weighted by atomic mass is 10.1. The Morgan fingerprint density at radius 2 is 1.24 bits per heavy atom. The number of nitrogens with zero attached hydrogens (tertiary/aromatic N) is 5. The second kappa shape index (κ2) is 13.1. The number of halogens is 6. The molecule has 8 nitrogen and oxygen atoms in total. The number of fused-ring (bicyclic) bond motifs is 2. The molecule has 6 rings (SSSR count). The molecule has 45 heavy (non-hydrogen) atoms. The first-order chi connectivity index (χ1) is 21.3. The van der Waals surface area contributed by atoms with Gasteiger partial charge in [-0.1, -0.05) is 0 Å². The van der Waals surface area contributed by atoms with Gasteiger partial charge in [-0.25, -0.2) is 27.5 Å². The maximum absolute atomic E-state index is 14.1. The van der Waals surface area contributed by atoms with Gasteiger partial charge < -0.3 is 20.0 Å². The zero-order valence-corrected chi connectivity index (χ0v) is 28.1. The van der Waals surface area contributed by atoms with Crippen molar-refractivity contribution in [3.63, 3.8) is 0 Å². The van der Waals surface area contributed by atoms with Crippen LogP contribution >= 0.6 is 31.9 Å². The van der Waals surface area contributed by atoms with Gasteiger partial charge in [0.15, 0.2) is 0 Å².